The summed E-state index contributed by atoms with van der Waals surface area (Å²) in [7, 11) is 0. The minimum Gasteiger partial charge on any atom is -0.381 e. The molecule has 3 rings (SSSR count). The summed E-state index contributed by atoms with van der Waals surface area (Å²) < 4.78 is 0. The van der Waals surface area contributed by atoms with Crippen LogP contribution in [0.25, 0.3) is 0 Å². The quantitative estimate of drug-likeness (QED) is 0.871. The average Bonchev–Trinajstić information content (AvgIpc) is 3.06. The van der Waals surface area contributed by atoms with E-state index in [4.69, 9.17) is 5.73 Å². The van der Waals surface area contributed by atoms with Gasteiger partial charge in [-0.25, -0.2) is 4.98 Å². The predicted octanol–water partition coefficient (Wildman–Crippen LogP) is 3.45. The van der Waals surface area contributed by atoms with Crippen molar-refractivity contribution in [3.63, 3.8) is 0 Å². The topological polar surface area (TPSA) is 71.2 Å². The number of carbonyl (C=O) groups is 1. The van der Waals surface area contributed by atoms with Gasteiger partial charge in [-0.3, -0.25) is 4.79 Å². The minimum absolute atomic E-state index is 0.356. The number of rotatable bonds is 5. The van der Waals surface area contributed by atoms with Crippen LogP contribution in [0.5, 0.6) is 0 Å². The van der Waals surface area contributed by atoms with Crippen LogP contribution < -0.4 is 16.0 Å². The Morgan fingerprint density at radius 1 is 1.38 bits per heavy atom. The van der Waals surface area contributed by atoms with Crippen molar-refractivity contribution in [1.29, 1.82) is 0 Å². The molecule has 128 valence electrons. The van der Waals surface area contributed by atoms with Gasteiger partial charge in [0.2, 0.25) is 0 Å². The van der Waals surface area contributed by atoms with Crippen LogP contribution in [0.4, 0.5) is 10.8 Å². The van der Waals surface area contributed by atoms with Gasteiger partial charge in [-0.15, -0.1) is 11.3 Å². The lowest BCUT2D eigenvalue weighted by molar-refractivity contribution is 0.0996. The summed E-state index contributed by atoms with van der Waals surface area (Å²) in [6.07, 6.45) is 2.24. The molecule has 1 aromatic heterocycles. The number of benzene rings is 1. The number of carbonyl (C=O) groups excluding carboxylic acids is 1. The molecule has 0 bridgehead atoms. The maximum Gasteiger partial charge on any atom is 0.268 e. The van der Waals surface area contributed by atoms with Crippen LogP contribution in [0.2, 0.25) is 0 Å². The number of thiazole rings is 1. The van der Waals surface area contributed by atoms with Gasteiger partial charge < -0.3 is 16.0 Å². The molecule has 5 nitrogen and oxygen atoms in total. The van der Waals surface area contributed by atoms with Crippen molar-refractivity contribution >= 4 is 28.1 Å². The van der Waals surface area contributed by atoms with E-state index < -0.39 is 5.91 Å². The zero-order valence-corrected chi connectivity index (χ0v) is 15.0. The molecular formula is C18H24N4OS. The summed E-state index contributed by atoms with van der Waals surface area (Å²) in [6, 6.07) is 9.07. The minimum atomic E-state index is -0.463. The summed E-state index contributed by atoms with van der Waals surface area (Å²) >= 11 is 1.48. The van der Waals surface area contributed by atoms with Gasteiger partial charge in [-0.2, -0.15) is 0 Å². The van der Waals surface area contributed by atoms with Crippen LogP contribution in [0.3, 0.4) is 0 Å². The summed E-state index contributed by atoms with van der Waals surface area (Å²) in [5, 5.41) is 6.24. The van der Waals surface area contributed by atoms with Crippen LogP contribution in [-0.4, -0.2) is 30.0 Å². The highest BCUT2D eigenvalue weighted by molar-refractivity contribution is 7.13. The maximum atomic E-state index is 11.2. The largest absolute Gasteiger partial charge is 0.381 e. The van der Waals surface area contributed by atoms with Crippen LogP contribution in [0.1, 0.15) is 48.7 Å². The molecule has 0 radical (unpaired) electrons. The van der Waals surface area contributed by atoms with E-state index in [1.54, 1.807) is 5.38 Å². The standard InChI is InChI=1S/C18H24N4OS/c1-12(2)13-5-7-14(8-6-13)20-15-4-3-9-22(10-15)18-21-16(11-24-18)17(19)23/h5-8,11-12,15,20H,3-4,9-10H2,1-2H3,(H2,19,23)/t15-/m0/s1. The molecule has 24 heavy (non-hydrogen) atoms. The number of nitrogens with one attached hydrogen (secondary N) is 1. The van der Waals surface area contributed by atoms with Crippen LogP contribution in [0, 0.1) is 0 Å². The summed E-state index contributed by atoms with van der Waals surface area (Å²) in [5.74, 6) is 0.0861. The Balaban J connectivity index is 1.63. The first-order valence-electron chi connectivity index (χ1n) is 8.39. The van der Waals surface area contributed by atoms with Crippen molar-refractivity contribution in [3.8, 4) is 0 Å². The SMILES string of the molecule is CC(C)c1ccc(N[C@H]2CCCN(c3nc(C(N)=O)cs3)C2)cc1. The molecular weight excluding hydrogens is 320 g/mol. The molecule has 6 heteroatoms. The molecule has 3 N–H and O–H groups in total. The fraction of sp³-hybridized carbons (Fsp3) is 0.444. The van der Waals surface area contributed by atoms with Gasteiger partial charge in [0.1, 0.15) is 5.69 Å². The number of nitrogens with two attached hydrogens (primary N) is 1. The van der Waals surface area contributed by atoms with Gasteiger partial charge >= 0.3 is 0 Å². The van der Waals surface area contributed by atoms with Crippen LogP contribution in [-0.2, 0) is 0 Å². The number of piperidine rings is 1. The second-order valence-corrected chi connectivity index (χ2v) is 7.42. The lowest BCUT2D eigenvalue weighted by atomic mass is 10.0. The number of primary amides is 1. The third-order valence-corrected chi connectivity index (χ3v) is 5.29. The Morgan fingerprint density at radius 2 is 2.12 bits per heavy atom. The van der Waals surface area contributed by atoms with Gasteiger partial charge in [0.25, 0.3) is 5.91 Å². The predicted molar refractivity (Wildman–Crippen MR) is 100 cm³/mol. The molecule has 1 aromatic carbocycles. The van der Waals surface area contributed by atoms with Crippen LogP contribution in [0.15, 0.2) is 29.6 Å². The van der Waals surface area contributed by atoms with E-state index in [0.717, 1.165) is 36.8 Å². The summed E-state index contributed by atoms with van der Waals surface area (Å²) in [5.41, 5.74) is 8.16. The number of aromatic nitrogens is 1. The van der Waals surface area contributed by atoms with E-state index >= 15 is 0 Å². The Morgan fingerprint density at radius 3 is 2.75 bits per heavy atom. The highest BCUT2D eigenvalue weighted by atomic mass is 32.1. The van der Waals surface area contributed by atoms with E-state index in [1.165, 1.54) is 16.9 Å². The second-order valence-electron chi connectivity index (χ2n) is 6.59. The van der Waals surface area contributed by atoms with Crippen molar-refractivity contribution in [2.24, 2.45) is 5.73 Å². The van der Waals surface area contributed by atoms with Gasteiger partial charge in [-0.05, 0) is 36.5 Å². The molecule has 1 aliphatic heterocycles. The Labute approximate surface area is 146 Å². The van der Waals surface area contributed by atoms with Crippen molar-refractivity contribution in [3.05, 3.63) is 40.9 Å². The van der Waals surface area contributed by atoms with E-state index in [-0.39, 0.29) is 0 Å². The van der Waals surface area contributed by atoms with Crippen molar-refractivity contribution < 1.29 is 4.79 Å². The van der Waals surface area contributed by atoms with Crippen molar-refractivity contribution in [1.82, 2.24) is 4.98 Å². The summed E-state index contributed by atoms with van der Waals surface area (Å²) in [4.78, 5) is 17.8. The summed E-state index contributed by atoms with van der Waals surface area (Å²) in [6.45, 7) is 6.26. The molecule has 1 atom stereocenters. The average molecular weight is 344 g/mol. The zero-order chi connectivity index (χ0) is 17.1. The third kappa shape index (κ3) is 3.87. The number of anilines is 2. The Hall–Kier alpha value is -2.08. The van der Waals surface area contributed by atoms with Gasteiger partial charge in [0.05, 0.1) is 0 Å². The second kappa shape index (κ2) is 7.21. The molecule has 2 heterocycles. The molecule has 1 amide bonds. The first-order chi connectivity index (χ1) is 11.5. The zero-order valence-electron chi connectivity index (χ0n) is 14.2. The van der Waals surface area contributed by atoms with E-state index in [2.05, 4.69) is 53.3 Å². The van der Waals surface area contributed by atoms with Crippen LogP contribution >= 0.6 is 11.3 Å². The van der Waals surface area contributed by atoms with Gasteiger partial charge in [0, 0.05) is 30.2 Å². The lowest BCUT2D eigenvalue weighted by Crippen LogP contribution is -2.42. The highest BCUT2D eigenvalue weighted by Crippen LogP contribution is 2.26. The molecule has 1 saturated heterocycles. The number of hydrogen-bond donors (Lipinski definition) is 2. The number of amides is 1. The Kier molecular flexibility index (Phi) is 5.04. The van der Waals surface area contributed by atoms with E-state index in [0.29, 0.717) is 17.7 Å². The molecule has 0 unspecified atom stereocenters. The fourth-order valence-electron chi connectivity index (χ4n) is 2.99. The van der Waals surface area contributed by atoms with Gasteiger partial charge in [0.15, 0.2) is 5.13 Å². The maximum absolute atomic E-state index is 11.2. The molecule has 0 saturated carbocycles. The van der Waals surface area contributed by atoms with Crippen molar-refractivity contribution in [2.75, 3.05) is 23.3 Å². The monoisotopic (exact) mass is 344 g/mol. The van der Waals surface area contributed by atoms with Crippen molar-refractivity contribution in [2.45, 2.75) is 38.6 Å². The fourth-order valence-corrected chi connectivity index (χ4v) is 3.84. The number of hydrogen-bond acceptors (Lipinski definition) is 5. The first kappa shape index (κ1) is 16.8. The molecule has 1 fully saturated rings. The Bertz CT molecular complexity index is 695. The third-order valence-electron chi connectivity index (χ3n) is 4.38. The number of nitrogens with zero attached hydrogens (tertiary/aromatic N) is 2. The van der Waals surface area contributed by atoms with E-state index in [1.807, 2.05) is 0 Å². The van der Waals surface area contributed by atoms with Gasteiger partial charge in [-0.1, -0.05) is 26.0 Å². The smallest absolute Gasteiger partial charge is 0.268 e. The molecule has 0 aliphatic carbocycles. The first-order valence-corrected chi connectivity index (χ1v) is 9.27. The lowest BCUT2D eigenvalue weighted by Gasteiger charge is -2.33. The highest BCUT2D eigenvalue weighted by Gasteiger charge is 2.22. The molecule has 2 aromatic rings. The normalized spacial score (nSPS) is 18.0. The van der Waals surface area contributed by atoms with E-state index in [9.17, 15) is 4.79 Å². The molecule has 0 spiro atoms. The molecule has 1 aliphatic rings.